The molecule has 0 heterocycles. The Morgan fingerprint density at radius 2 is 2.18 bits per heavy atom. The van der Waals surface area contributed by atoms with Crippen LogP contribution in [-0.4, -0.2) is 26.2 Å². The Kier molecular flexibility index (Phi) is 6.00. The summed E-state index contributed by atoms with van der Waals surface area (Å²) in [7, 11) is 1.35. The maximum atomic E-state index is 11.5. The monoisotopic (exact) mass is 301 g/mol. The fraction of sp³-hybridized carbons (Fsp3) is 0.417. The van der Waals surface area contributed by atoms with Gasteiger partial charge in [-0.25, -0.2) is 4.79 Å². The average molecular weight is 302 g/mol. The molecule has 1 aromatic carbocycles. The van der Waals surface area contributed by atoms with Gasteiger partial charge >= 0.3 is 5.97 Å². The molecule has 94 valence electrons. The van der Waals surface area contributed by atoms with Crippen molar-refractivity contribution in [1.29, 1.82) is 0 Å². The molecule has 5 heteroatoms. The fourth-order valence-electron chi connectivity index (χ4n) is 1.32. The standard InChI is InChI=1S/C12H16BrNO3/c1-16-12(15)10-5-4-9(13)8-11(10)17-7-3-2-6-14/h4-5,8H,2-3,6-7,14H2,1H3. The molecular weight excluding hydrogens is 286 g/mol. The van der Waals surface area contributed by atoms with Gasteiger partial charge < -0.3 is 15.2 Å². The van der Waals surface area contributed by atoms with Crippen LogP contribution in [0.3, 0.4) is 0 Å². The number of nitrogens with two attached hydrogens (primary N) is 1. The third-order valence-electron chi connectivity index (χ3n) is 2.20. The highest BCUT2D eigenvalue weighted by Gasteiger charge is 2.13. The molecule has 0 saturated heterocycles. The molecule has 1 rings (SSSR count). The first-order valence-electron chi connectivity index (χ1n) is 5.39. The van der Waals surface area contributed by atoms with Crippen LogP contribution in [0.5, 0.6) is 5.75 Å². The van der Waals surface area contributed by atoms with Gasteiger partial charge in [-0.2, -0.15) is 0 Å². The van der Waals surface area contributed by atoms with Gasteiger partial charge in [0, 0.05) is 4.47 Å². The van der Waals surface area contributed by atoms with Crippen LogP contribution in [0.2, 0.25) is 0 Å². The minimum Gasteiger partial charge on any atom is -0.493 e. The summed E-state index contributed by atoms with van der Waals surface area (Å²) in [5.41, 5.74) is 5.83. The highest BCUT2D eigenvalue weighted by molar-refractivity contribution is 9.10. The maximum Gasteiger partial charge on any atom is 0.341 e. The molecule has 0 unspecified atom stereocenters. The average Bonchev–Trinajstić information content (AvgIpc) is 2.34. The minimum atomic E-state index is -0.397. The molecule has 1 aromatic rings. The van der Waals surface area contributed by atoms with E-state index in [0.29, 0.717) is 24.5 Å². The topological polar surface area (TPSA) is 61.5 Å². The van der Waals surface area contributed by atoms with Gasteiger partial charge in [0.25, 0.3) is 0 Å². The zero-order valence-corrected chi connectivity index (χ0v) is 11.3. The van der Waals surface area contributed by atoms with Crippen molar-refractivity contribution in [1.82, 2.24) is 0 Å². The van der Waals surface area contributed by atoms with Crippen molar-refractivity contribution >= 4 is 21.9 Å². The van der Waals surface area contributed by atoms with E-state index < -0.39 is 5.97 Å². The number of hydrogen-bond donors (Lipinski definition) is 1. The predicted molar refractivity (Wildman–Crippen MR) is 69.3 cm³/mol. The number of esters is 1. The molecule has 0 aliphatic rings. The van der Waals surface area contributed by atoms with E-state index in [1.807, 2.05) is 0 Å². The smallest absolute Gasteiger partial charge is 0.341 e. The van der Waals surface area contributed by atoms with Crippen LogP contribution in [-0.2, 0) is 4.74 Å². The Hall–Kier alpha value is -1.07. The molecule has 0 saturated carbocycles. The summed E-state index contributed by atoms with van der Waals surface area (Å²) in [6.07, 6.45) is 1.77. The van der Waals surface area contributed by atoms with Gasteiger partial charge in [-0.05, 0) is 37.6 Å². The number of benzene rings is 1. The lowest BCUT2D eigenvalue weighted by Crippen LogP contribution is -2.08. The van der Waals surface area contributed by atoms with E-state index in [2.05, 4.69) is 15.9 Å². The lowest BCUT2D eigenvalue weighted by molar-refractivity contribution is 0.0596. The fourth-order valence-corrected chi connectivity index (χ4v) is 1.66. The summed E-state index contributed by atoms with van der Waals surface area (Å²) in [4.78, 5) is 11.5. The molecular formula is C12H16BrNO3. The van der Waals surface area contributed by atoms with Gasteiger partial charge in [0.2, 0.25) is 0 Å². The predicted octanol–water partition coefficient (Wildman–Crippen LogP) is 2.35. The summed E-state index contributed by atoms with van der Waals surface area (Å²) in [5, 5.41) is 0. The van der Waals surface area contributed by atoms with Crippen molar-refractivity contribution in [3.05, 3.63) is 28.2 Å². The van der Waals surface area contributed by atoms with E-state index in [-0.39, 0.29) is 0 Å². The number of carbonyl (C=O) groups is 1. The van der Waals surface area contributed by atoms with Gasteiger partial charge in [-0.1, -0.05) is 15.9 Å². The van der Waals surface area contributed by atoms with Crippen LogP contribution in [0, 0.1) is 0 Å². The first-order valence-corrected chi connectivity index (χ1v) is 6.19. The van der Waals surface area contributed by atoms with Crippen molar-refractivity contribution in [2.24, 2.45) is 5.73 Å². The first kappa shape index (κ1) is 14.0. The Labute approximate surface area is 109 Å². The molecule has 0 aliphatic carbocycles. The Balaban J connectivity index is 2.73. The quantitative estimate of drug-likeness (QED) is 0.647. The molecule has 0 bridgehead atoms. The van der Waals surface area contributed by atoms with Gasteiger partial charge in [-0.15, -0.1) is 0 Å². The van der Waals surface area contributed by atoms with E-state index in [1.165, 1.54) is 7.11 Å². The molecule has 2 N–H and O–H groups in total. The second kappa shape index (κ2) is 7.29. The SMILES string of the molecule is COC(=O)c1ccc(Br)cc1OCCCCN. The van der Waals surface area contributed by atoms with Gasteiger partial charge in [-0.3, -0.25) is 0 Å². The van der Waals surface area contributed by atoms with Crippen LogP contribution in [0.25, 0.3) is 0 Å². The molecule has 17 heavy (non-hydrogen) atoms. The second-order valence-corrected chi connectivity index (χ2v) is 4.39. The van der Waals surface area contributed by atoms with Crippen molar-refractivity contribution in [2.75, 3.05) is 20.3 Å². The van der Waals surface area contributed by atoms with Crippen LogP contribution in [0.15, 0.2) is 22.7 Å². The van der Waals surface area contributed by atoms with E-state index in [0.717, 1.165) is 17.3 Å². The molecule has 0 amide bonds. The van der Waals surface area contributed by atoms with Crippen molar-refractivity contribution in [3.8, 4) is 5.75 Å². The number of methoxy groups -OCH3 is 1. The summed E-state index contributed by atoms with van der Waals surface area (Å²) in [6.45, 7) is 1.18. The highest BCUT2D eigenvalue weighted by Crippen LogP contribution is 2.24. The van der Waals surface area contributed by atoms with Crippen LogP contribution in [0.1, 0.15) is 23.2 Å². The molecule has 0 atom stereocenters. The number of ether oxygens (including phenoxy) is 2. The number of unbranched alkanes of at least 4 members (excludes halogenated alkanes) is 1. The van der Waals surface area contributed by atoms with E-state index in [9.17, 15) is 4.79 Å². The number of carbonyl (C=O) groups excluding carboxylic acids is 1. The summed E-state index contributed by atoms with van der Waals surface area (Å²) in [5.74, 6) is 0.134. The first-order chi connectivity index (χ1) is 8.19. The third kappa shape index (κ3) is 4.36. The zero-order chi connectivity index (χ0) is 12.7. The highest BCUT2D eigenvalue weighted by atomic mass is 79.9. The lowest BCUT2D eigenvalue weighted by atomic mass is 10.2. The summed E-state index contributed by atoms with van der Waals surface area (Å²) >= 11 is 3.34. The normalized spacial score (nSPS) is 10.1. The molecule has 0 fully saturated rings. The maximum absolute atomic E-state index is 11.5. The van der Waals surface area contributed by atoms with E-state index in [4.69, 9.17) is 15.2 Å². The van der Waals surface area contributed by atoms with Crippen molar-refractivity contribution in [2.45, 2.75) is 12.8 Å². The number of halogens is 1. The number of hydrogen-bond acceptors (Lipinski definition) is 4. The molecule has 0 aliphatic heterocycles. The van der Waals surface area contributed by atoms with E-state index in [1.54, 1.807) is 18.2 Å². The third-order valence-corrected chi connectivity index (χ3v) is 2.70. The molecule has 0 radical (unpaired) electrons. The largest absolute Gasteiger partial charge is 0.493 e. The van der Waals surface area contributed by atoms with Gasteiger partial charge in [0.05, 0.1) is 13.7 Å². The summed E-state index contributed by atoms with van der Waals surface area (Å²) < 4.78 is 11.1. The van der Waals surface area contributed by atoms with E-state index >= 15 is 0 Å². The minimum absolute atomic E-state index is 0.397. The van der Waals surface area contributed by atoms with Crippen LogP contribution < -0.4 is 10.5 Å². The van der Waals surface area contributed by atoms with Crippen molar-refractivity contribution < 1.29 is 14.3 Å². The number of rotatable bonds is 6. The zero-order valence-electron chi connectivity index (χ0n) is 9.74. The molecule has 0 aromatic heterocycles. The van der Waals surface area contributed by atoms with Gasteiger partial charge in [0.1, 0.15) is 11.3 Å². The van der Waals surface area contributed by atoms with Crippen molar-refractivity contribution in [3.63, 3.8) is 0 Å². The Morgan fingerprint density at radius 1 is 1.41 bits per heavy atom. The molecule has 4 nitrogen and oxygen atoms in total. The lowest BCUT2D eigenvalue weighted by Gasteiger charge is -2.10. The van der Waals surface area contributed by atoms with Crippen LogP contribution in [0.4, 0.5) is 0 Å². The van der Waals surface area contributed by atoms with Gasteiger partial charge in [0.15, 0.2) is 0 Å². The Morgan fingerprint density at radius 3 is 2.82 bits per heavy atom. The summed E-state index contributed by atoms with van der Waals surface area (Å²) in [6, 6.07) is 5.21. The molecule has 0 spiro atoms. The second-order valence-electron chi connectivity index (χ2n) is 3.48. The Bertz CT molecular complexity index is 382. The van der Waals surface area contributed by atoms with Crippen LogP contribution >= 0.6 is 15.9 Å².